The van der Waals surface area contributed by atoms with Gasteiger partial charge in [-0.05, 0) is 42.4 Å². The van der Waals surface area contributed by atoms with Crippen LogP contribution in [0, 0.1) is 17.8 Å². The molecule has 144 valence electrons. The monoisotopic (exact) mass is 372 g/mol. The fraction of sp³-hybridized carbons (Fsp3) is 0.476. The largest absolute Gasteiger partial charge is 0.504 e. The first-order valence-electron chi connectivity index (χ1n) is 9.44. The topological polar surface area (TPSA) is 76.8 Å². The molecule has 27 heavy (non-hydrogen) atoms. The van der Waals surface area contributed by atoms with E-state index >= 15 is 0 Å². The number of hydrogen-bond donors (Lipinski definition) is 3. The summed E-state index contributed by atoms with van der Waals surface area (Å²) in [7, 11) is 0. The van der Waals surface area contributed by atoms with Crippen LogP contribution in [0.5, 0.6) is 5.75 Å². The average molecular weight is 372 g/mol. The Morgan fingerprint density at radius 1 is 1.11 bits per heavy atom. The Morgan fingerprint density at radius 3 is 2.41 bits per heavy atom. The van der Waals surface area contributed by atoms with Gasteiger partial charge in [0.1, 0.15) is 6.10 Å². The van der Waals surface area contributed by atoms with Crippen LogP contribution in [0.1, 0.15) is 30.2 Å². The second-order valence-electron chi connectivity index (χ2n) is 8.10. The normalized spacial score (nSPS) is 29.0. The van der Waals surface area contributed by atoms with E-state index in [0.717, 1.165) is 31.5 Å². The van der Waals surface area contributed by atoms with Crippen molar-refractivity contribution in [1.29, 1.82) is 0 Å². The molecule has 2 aromatic rings. The third kappa shape index (κ3) is 3.98. The van der Waals surface area contributed by atoms with Crippen molar-refractivity contribution in [2.75, 3.05) is 19.6 Å². The van der Waals surface area contributed by atoms with E-state index in [1.54, 1.807) is 0 Å². The molecule has 2 unspecified atom stereocenters. The van der Waals surface area contributed by atoms with Gasteiger partial charge in [0.25, 0.3) is 5.95 Å². The summed E-state index contributed by atoms with van der Waals surface area (Å²) in [6, 6.07) is 12.7. The molecule has 1 aromatic carbocycles. The van der Waals surface area contributed by atoms with Crippen molar-refractivity contribution in [2.45, 2.75) is 31.0 Å². The molecule has 2 fully saturated rings. The zero-order chi connectivity index (χ0) is 19.0. The molecule has 4 rings (SSSR count). The van der Waals surface area contributed by atoms with Crippen molar-refractivity contribution < 1.29 is 19.7 Å². The van der Waals surface area contributed by atoms with Gasteiger partial charge < -0.3 is 15.3 Å². The summed E-state index contributed by atoms with van der Waals surface area (Å²) in [6.07, 6.45) is 1.32. The van der Waals surface area contributed by atoms with E-state index in [1.807, 2.05) is 18.2 Å². The van der Waals surface area contributed by atoms with Gasteiger partial charge in [-0.1, -0.05) is 30.3 Å². The smallest absolute Gasteiger partial charge is 0.255 e. The van der Waals surface area contributed by atoms with Gasteiger partial charge in [0.15, 0.2) is 5.75 Å². The molecule has 0 bridgehead atoms. The van der Waals surface area contributed by atoms with E-state index in [9.17, 15) is 19.7 Å². The van der Waals surface area contributed by atoms with Gasteiger partial charge in [-0.15, -0.1) is 0 Å². The van der Waals surface area contributed by atoms with Crippen molar-refractivity contribution in [3.8, 4) is 5.75 Å². The fourth-order valence-corrected chi connectivity index (χ4v) is 4.79. The first kappa shape index (κ1) is 18.3. The van der Waals surface area contributed by atoms with Crippen molar-refractivity contribution in [2.24, 2.45) is 11.8 Å². The number of fused-ring (bicyclic) bond motifs is 1. The van der Waals surface area contributed by atoms with Crippen molar-refractivity contribution >= 4 is 0 Å². The summed E-state index contributed by atoms with van der Waals surface area (Å²) >= 11 is 0. The summed E-state index contributed by atoms with van der Waals surface area (Å²) in [6.45, 7) is 2.01. The number of pyridine rings is 1. The summed E-state index contributed by atoms with van der Waals surface area (Å²) in [5.74, 6) is -0.652. The van der Waals surface area contributed by atoms with E-state index in [1.165, 1.54) is 12.1 Å². The Bertz CT molecular complexity index is 787. The molecule has 4 atom stereocenters. The van der Waals surface area contributed by atoms with E-state index in [2.05, 4.69) is 22.0 Å². The third-order valence-corrected chi connectivity index (χ3v) is 5.94. The molecule has 5 nitrogen and oxygen atoms in total. The molecule has 0 radical (unpaired) electrons. The highest BCUT2D eigenvalue weighted by molar-refractivity contribution is 5.21. The van der Waals surface area contributed by atoms with Crippen LogP contribution < -0.4 is 0 Å². The Morgan fingerprint density at radius 2 is 1.78 bits per heavy atom. The van der Waals surface area contributed by atoms with Crippen LogP contribution in [0.3, 0.4) is 0 Å². The van der Waals surface area contributed by atoms with Gasteiger partial charge in [-0.3, -0.25) is 4.90 Å². The predicted octanol–water partition coefficient (Wildman–Crippen LogP) is 2.28. The number of aromatic hydroxyl groups is 1. The maximum Gasteiger partial charge on any atom is 0.255 e. The van der Waals surface area contributed by atoms with Crippen molar-refractivity contribution in [3.63, 3.8) is 0 Å². The standard InChI is InChI=1S/C21H25FN2O3/c22-20-18(25)7-6-17(23-20)19(26)13-24-11-15-9-21(27,10-16(15)12-24)8-14-4-2-1-3-5-14/h1-7,15-16,19,25-27H,8-13H2/t15-,16+,19?,21?. The molecule has 1 aromatic heterocycles. The number of aliphatic hydroxyl groups excluding tert-OH is 1. The van der Waals surface area contributed by atoms with Gasteiger partial charge in [-0.25, -0.2) is 4.98 Å². The zero-order valence-corrected chi connectivity index (χ0v) is 15.1. The third-order valence-electron chi connectivity index (χ3n) is 5.94. The highest BCUT2D eigenvalue weighted by Gasteiger charge is 2.48. The van der Waals surface area contributed by atoms with Gasteiger partial charge in [0.05, 0.1) is 11.3 Å². The zero-order valence-electron chi connectivity index (χ0n) is 15.1. The first-order chi connectivity index (χ1) is 12.9. The molecule has 6 heteroatoms. The molecule has 0 spiro atoms. The minimum Gasteiger partial charge on any atom is -0.504 e. The molecular formula is C21H25FN2O3. The maximum absolute atomic E-state index is 13.4. The van der Waals surface area contributed by atoms with Crippen LogP contribution in [-0.4, -0.2) is 50.4 Å². The highest BCUT2D eigenvalue weighted by Crippen LogP contribution is 2.45. The maximum atomic E-state index is 13.4. The second kappa shape index (κ2) is 7.19. The minimum absolute atomic E-state index is 0.225. The lowest BCUT2D eigenvalue weighted by Gasteiger charge is -2.27. The number of β-amino-alcohol motifs (C(OH)–C–C–N with tert-alkyl or cyclic N) is 1. The van der Waals surface area contributed by atoms with Gasteiger partial charge in [0.2, 0.25) is 0 Å². The Kier molecular flexibility index (Phi) is 4.88. The Hall–Kier alpha value is -2.02. The van der Waals surface area contributed by atoms with E-state index in [0.29, 0.717) is 24.8 Å². The molecule has 1 saturated heterocycles. The lowest BCUT2D eigenvalue weighted by atomic mass is 9.91. The summed E-state index contributed by atoms with van der Waals surface area (Å²) < 4.78 is 13.4. The van der Waals surface area contributed by atoms with Crippen molar-refractivity contribution in [3.05, 3.63) is 59.7 Å². The molecule has 3 N–H and O–H groups in total. The fourth-order valence-electron chi connectivity index (χ4n) is 4.79. The number of hydrogen-bond acceptors (Lipinski definition) is 5. The molecule has 1 aliphatic carbocycles. The van der Waals surface area contributed by atoms with E-state index in [4.69, 9.17) is 0 Å². The number of aliphatic hydroxyl groups is 2. The average Bonchev–Trinajstić information content (AvgIpc) is 3.11. The van der Waals surface area contributed by atoms with Gasteiger partial charge >= 0.3 is 0 Å². The van der Waals surface area contributed by atoms with E-state index < -0.39 is 23.4 Å². The predicted molar refractivity (Wildman–Crippen MR) is 98.6 cm³/mol. The molecule has 2 aliphatic rings. The highest BCUT2D eigenvalue weighted by atomic mass is 19.1. The molecule has 0 amide bonds. The number of nitrogens with zero attached hydrogens (tertiary/aromatic N) is 2. The van der Waals surface area contributed by atoms with Crippen LogP contribution in [0.15, 0.2) is 42.5 Å². The second-order valence-corrected chi connectivity index (χ2v) is 8.10. The summed E-state index contributed by atoms with van der Waals surface area (Å²) in [4.78, 5) is 5.78. The lowest BCUT2D eigenvalue weighted by Crippen LogP contribution is -2.33. The summed E-state index contributed by atoms with van der Waals surface area (Å²) in [5, 5.41) is 30.6. The quantitative estimate of drug-likeness (QED) is 0.702. The SMILES string of the molecule is Oc1ccc(C(O)CN2C[C@@H]3CC(O)(Cc4ccccc4)C[C@@H]3C2)nc1F. The van der Waals surface area contributed by atoms with Crippen LogP contribution in [-0.2, 0) is 6.42 Å². The number of aromatic nitrogens is 1. The van der Waals surface area contributed by atoms with Gasteiger partial charge in [0, 0.05) is 26.1 Å². The number of halogens is 1. The number of likely N-dealkylation sites (tertiary alicyclic amines) is 1. The van der Waals surface area contributed by atoms with Crippen LogP contribution in [0.25, 0.3) is 0 Å². The van der Waals surface area contributed by atoms with E-state index in [-0.39, 0.29) is 5.69 Å². The lowest BCUT2D eigenvalue weighted by molar-refractivity contribution is 0.0326. The van der Waals surface area contributed by atoms with Crippen LogP contribution in [0.4, 0.5) is 4.39 Å². The Balaban J connectivity index is 1.33. The Labute approximate surface area is 158 Å². The summed E-state index contributed by atoms with van der Waals surface area (Å²) in [5.41, 5.74) is 0.735. The number of benzene rings is 1. The van der Waals surface area contributed by atoms with Crippen LogP contribution >= 0.6 is 0 Å². The molecule has 1 aliphatic heterocycles. The van der Waals surface area contributed by atoms with Crippen molar-refractivity contribution in [1.82, 2.24) is 9.88 Å². The van der Waals surface area contributed by atoms with Gasteiger partial charge in [-0.2, -0.15) is 4.39 Å². The molecule has 2 heterocycles. The molecule has 1 saturated carbocycles. The molecular weight excluding hydrogens is 347 g/mol. The minimum atomic E-state index is -0.962. The first-order valence-corrected chi connectivity index (χ1v) is 9.44. The number of rotatable bonds is 5. The van der Waals surface area contributed by atoms with Crippen LogP contribution in [0.2, 0.25) is 0 Å².